The molecule has 1 unspecified atom stereocenters. The van der Waals surface area contributed by atoms with Crippen molar-refractivity contribution in [2.24, 2.45) is 0 Å². The number of rotatable bonds is 6. The molecule has 0 aliphatic heterocycles. The van der Waals surface area contributed by atoms with Crippen molar-refractivity contribution in [3.05, 3.63) is 41.3 Å². The van der Waals surface area contributed by atoms with Crippen LogP contribution in [0.3, 0.4) is 0 Å². The lowest BCUT2D eigenvalue weighted by Crippen LogP contribution is -2.13. The zero-order chi connectivity index (χ0) is 15.2. The fraction of sp³-hybridized carbons (Fsp3) is 0.286. The molecule has 0 fully saturated rings. The molecule has 0 amide bonds. The van der Waals surface area contributed by atoms with Crippen LogP contribution in [0, 0.1) is 0 Å². The predicted octanol–water partition coefficient (Wildman–Crippen LogP) is 2.29. The van der Waals surface area contributed by atoms with Crippen LogP contribution in [0.15, 0.2) is 30.7 Å². The van der Waals surface area contributed by atoms with Gasteiger partial charge in [0.05, 0.1) is 26.5 Å². The summed E-state index contributed by atoms with van der Waals surface area (Å²) in [6.07, 6.45) is 2.10. The van der Waals surface area contributed by atoms with Crippen LogP contribution in [0.5, 0.6) is 11.5 Å². The summed E-state index contributed by atoms with van der Waals surface area (Å²) in [5, 5.41) is 13.6. The van der Waals surface area contributed by atoms with Gasteiger partial charge in [-0.15, -0.1) is 0 Å². The molecule has 112 valence electrons. The molecular formula is C14H16ClN3O3. The summed E-state index contributed by atoms with van der Waals surface area (Å²) in [6.45, 7) is 0.243. The van der Waals surface area contributed by atoms with Gasteiger partial charge in [0, 0.05) is 12.6 Å². The number of hydrogen-bond acceptors (Lipinski definition) is 6. The van der Waals surface area contributed by atoms with Crippen molar-refractivity contribution in [2.45, 2.75) is 6.10 Å². The van der Waals surface area contributed by atoms with E-state index in [1.807, 2.05) is 0 Å². The standard InChI is InChI=1S/C14H16ClN3O3/c1-20-10-3-9(4-11(5-10)21-2)13(19)7-17-14-12(15)6-16-8-18-14/h3-6,8,13,19H,7H2,1-2H3,(H,16,17,18). The summed E-state index contributed by atoms with van der Waals surface area (Å²) in [5.41, 5.74) is 0.670. The summed E-state index contributed by atoms with van der Waals surface area (Å²) in [6, 6.07) is 5.23. The molecule has 0 radical (unpaired) electrons. The minimum absolute atomic E-state index is 0.243. The highest BCUT2D eigenvalue weighted by Gasteiger charge is 2.12. The van der Waals surface area contributed by atoms with Gasteiger partial charge in [-0.05, 0) is 17.7 Å². The number of anilines is 1. The predicted molar refractivity (Wildman–Crippen MR) is 80.0 cm³/mol. The Labute approximate surface area is 127 Å². The van der Waals surface area contributed by atoms with Crippen molar-refractivity contribution >= 4 is 17.4 Å². The number of benzene rings is 1. The van der Waals surface area contributed by atoms with Gasteiger partial charge in [-0.1, -0.05) is 11.6 Å². The zero-order valence-corrected chi connectivity index (χ0v) is 12.5. The van der Waals surface area contributed by atoms with Gasteiger partial charge < -0.3 is 19.9 Å². The quantitative estimate of drug-likeness (QED) is 0.852. The van der Waals surface area contributed by atoms with E-state index in [-0.39, 0.29) is 6.54 Å². The molecule has 0 saturated carbocycles. The van der Waals surface area contributed by atoms with Crippen LogP contribution < -0.4 is 14.8 Å². The molecule has 6 nitrogen and oxygen atoms in total. The smallest absolute Gasteiger partial charge is 0.148 e. The van der Waals surface area contributed by atoms with Crippen LogP contribution in [-0.2, 0) is 0 Å². The van der Waals surface area contributed by atoms with E-state index in [4.69, 9.17) is 21.1 Å². The van der Waals surface area contributed by atoms with E-state index in [9.17, 15) is 5.11 Å². The van der Waals surface area contributed by atoms with Crippen molar-refractivity contribution in [1.29, 1.82) is 0 Å². The van der Waals surface area contributed by atoms with E-state index in [2.05, 4.69) is 15.3 Å². The summed E-state index contributed by atoms with van der Waals surface area (Å²) in [5.74, 6) is 1.70. The molecular weight excluding hydrogens is 294 g/mol. The van der Waals surface area contributed by atoms with Gasteiger partial charge in [0.25, 0.3) is 0 Å². The Kier molecular flexibility index (Phi) is 5.19. The van der Waals surface area contributed by atoms with E-state index < -0.39 is 6.10 Å². The molecule has 7 heteroatoms. The van der Waals surface area contributed by atoms with Gasteiger partial charge in [0.2, 0.25) is 0 Å². The second-order valence-electron chi connectivity index (χ2n) is 4.26. The summed E-state index contributed by atoms with van der Waals surface area (Å²) in [4.78, 5) is 7.79. The number of aliphatic hydroxyl groups excluding tert-OH is 1. The lowest BCUT2D eigenvalue weighted by molar-refractivity contribution is 0.190. The van der Waals surface area contributed by atoms with Crippen molar-refractivity contribution in [3.8, 4) is 11.5 Å². The average Bonchev–Trinajstić information content (AvgIpc) is 2.53. The maximum Gasteiger partial charge on any atom is 0.148 e. The molecule has 1 aromatic carbocycles. The van der Waals surface area contributed by atoms with Crippen molar-refractivity contribution < 1.29 is 14.6 Å². The Bertz CT molecular complexity index is 588. The third kappa shape index (κ3) is 3.96. The Morgan fingerprint density at radius 3 is 2.48 bits per heavy atom. The first kappa shape index (κ1) is 15.3. The van der Waals surface area contributed by atoms with Crippen LogP contribution in [0.1, 0.15) is 11.7 Å². The monoisotopic (exact) mass is 309 g/mol. The van der Waals surface area contributed by atoms with E-state index in [0.29, 0.717) is 27.9 Å². The maximum atomic E-state index is 10.3. The number of nitrogens with zero attached hydrogens (tertiary/aromatic N) is 2. The molecule has 2 rings (SSSR count). The molecule has 1 heterocycles. The number of aliphatic hydroxyl groups is 1. The topological polar surface area (TPSA) is 76.5 Å². The van der Waals surface area contributed by atoms with E-state index in [0.717, 1.165) is 0 Å². The third-order valence-electron chi connectivity index (χ3n) is 2.89. The van der Waals surface area contributed by atoms with E-state index in [1.165, 1.54) is 12.5 Å². The highest BCUT2D eigenvalue weighted by molar-refractivity contribution is 6.32. The number of halogens is 1. The second-order valence-corrected chi connectivity index (χ2v) is 4.67. The van der Waals surface area contributed by atoms with E-state index in [1.54, 1.807) is 32.4 Å². The molecule has 2 aromatic rings. The number of hydrogen-bond donors (Lipinski definition) is 2. The molecule has 0 bridgehead atoms. The summed E-state index contributed by atoms with van der Waals surface area (Å²) < 4.78 is 10.4. The summed E-state index contributed by atoms with van der Waals surface area (Å²) in [7, 11) is 3.12. The van der Waals surface area contributed by atoms with Crippen LogP contribution in [0.25, 0.3) is 0 Å². The van der Waals surface area contributed by atoms with Crippen LogP contribution in [0.2, 0.25) is 5.02 Å². The minimum Gasteiger partial charge on any atom is -0.497 e. The highest BCUT2D eigenvalue weighted by Crippen LogP contribution is 2.27. The lowest BCUT2D eigenvalue weighted by Gasteiger charge is -2.15. The fourth-order valence-electron chi connectivity index (χ4n) is 1.78. The van der Waals surface area contributed by atoms with Gasteiger partial charge >= 0.3 is 0 Å². The molecule has 0 spiro atoms. The van der Waals surface area contributed by atoms with E-state index >= 15 is 0 Å². The zero-order valence-electron chi connectivity index (χ0n) is 11.7. The molecule has 0 saturated heterocycles. The Balaban J connectivity index is 2.09. The Hall–Kier alpha value is -2.05. The Morgan fingerprint density at radius 1 is 1.24 bits per heavy atom. The van der Waals surface area contributed by atoms with Gasteiger partial charge in [-0.2, -0.15) is 0 Å². The molecule has 21 heavy (non-hydrogen) atoms. The van der Waals surface area contributed by atoms with Crippen LogP contribution >= 0.6 is 11.6 Å². The fourth-order valence-corrected chi connectivity index (χ4v) is 1.95. The first-order valence-electron chi connectivity index (χ1n) is 6.24. The van der Waals surface area contributed by atoms with Crippen LogP contribution in [-0.4, -0.2) is 35.8 Å². The van der Waals surface area contributed by atoms with Crippen LogP contribution in [0.4, 0.5) is 5.82 Å². The normalized spacial score (nSPS) is 11.8. The van der Waals surface area contributed by atoms with Crippen molar-refractivity contribution in [2.75, 3.05) is 26.1 Å². The van der Waals surface area contributed by atoms with Gasteiger partial charge in [0.1, 0.15) is 28.7 Å². The number of methoxy groups -OCH3 is 2. The molecule has 0 aliphatic rings. The Morgan fingerprint density at radius 2 is 1.90 bits per heavy atom. The highest BCUT2D eigenvalue weighted by atomic mass is 35.5. The SMILES string of the molecule is COc1cc(OC)cc(C(O)CNc2ncncc2Cl)c1. The molecule has 1 atom stereocenters. The van der Waals surface area contributed by atoms with Gasteiger partial charge in [0.15, 0.2) is 0 Å². The number of ether oxygens (including phenoxy) is 2. The van der Waals surface area contributed by atoms with Gasteiger partial charge in [-0.25, -0.2) is 9.97 Å². The lowest BCUT2D eigenvalue weighted by atomic mass is 10.1. The van der Waals surface area contributed by atoms with Gasteiger partial charge in [-0.3, -0.25) is 0 Å². The molecule has 0 aliphatic carbocycles. The first-order valence-corrected chi connectivity index (χ1v) is 6.62. The first-order chi connectivity index (χ1) is 10.1. The molecule has 2 N–H and O–H groups in total. The third-order valence-corrected chi connectivity index (χ3v) is 3.17. The number of nitrogens with one attached hydrogen (secondary N) is 1. The second kappa shape index (κ2) is 7.10. The van der Waals surface area contributed by atoms with Crippen molar-refractivity contribution in [3.63, 3.8) is 0 Å². The van der Waals surface area contributed by atoms with Crippen molar-refractivity contribution in [1.82, 2.24) is 9.97 Å². The average molecular weight is 310 g/mol. The number of aromatic nitrogens is 2. The summed E-state index contributed by atoms with van der Waals surface area (Å²) >= 11 is 5.94. The maximum absolute atomic E-state index is 10.3. The molecule has 1 aromatic heterocycles. The minimum atomic E-state index is -0.764. The largest absolute Gasteiger partial charge is 0.497 e.